The maximum absolute atomic E-state index is 12.4. The number of nitrogens with zero attached hydrogens (tertiary/aromatic N) is 2. The zero-order valence-corrected chi connectivity index (χ0v) is 18.4. The molecule has 6 heteroatoms. The minimum atomic E-state index is -0.494. The summed E-state index contributed by atoms with van der Waals surface area (Å²) >= 11 is 0. The largest absolute Gasteiger partial charge is 0.493 e. The van der Waals surface area contributed by atoms with E-state index in [1.807, 2.05) is 57.2 Å². The maximum Gasteiger partial charge on any atom is 0.410 e. The second-order valence-electron chi connectivity index (χ2n) is 8.23. The topological polar surface area (TPSA) is 60.9 Å². The van der Waals surface area contributed by atoms with Crippen molar-refractivity contribution in [2.24, 2.45) is 0 Å². The van der Waals surface area contributed by atoms with Crippen LogP contribution in [0.25, 0.3) is 5.57 Å². The Balaban J connectivity index is 1.93. The molecule has 1 aliphatic rings. The fourth-order valence-electron chi connectivity index (χ4n) is 3.57. The molecular formula is C24H30N2O4. The zero-order valence-electron chi connectivity index (χ0n) is 18.4. The first-order valence-corrected chi connectivity index (χ1v) is 10.2. The SMILES string of the molecule is COc1ccc(C(=C2CCN(C(=O)OC(C)(C)C)CC2)c2ccccn2)cc1OC. The highest BCUT2D eigenvalue weighted by Gasteiger charge is 2.26. The molecule has 0 atom stereocenters. The van der Waals surface area contributed by atoms with Crippen LogP contribution in [0.4, 0.5) is 4.79 Å². The van der Waals surface area contributed by atoms with Crippen molar-refractivity contribution in [3.05, 3.63) is 59.4 Å². The van der Waals surface area contributed by atoms with Gasteiger partial charge in [-0.05, 0) is 63.4 Å². The normalized spacial score (nSPS) is 14.3. The van der Waals surface area contributed by atoms with Gasteiger partial charge in [-0.3, -0.25) is 4.98 Å². The lowest BCUT2D eigenvalue weighted by atomic mass is 9.90. The standard InChI is InChI=1S/C24H30N2O4/c1-24(2,3)30-23(27)26-14-11-17(12-15-26)22(19-8-6-7-13-25-19)18-9-10-20(28-4)21(16-18)29-5/h6-10,13,16H,11-12,14-15H2,1-5H3. The molecule has 1 amide bonds. The van der Waals surface area contributed by atoms with Gasteiger partial charge in [0.05, 0.1) is 19.9 Å². The molecule has 0 saturated carbocycles. The van der Waals surface area contributed by atoms with Crippen molar-refractivity contribution in [3.63, 3.8) is 0 Å². The van der Waals surface area contributed by atoms with E-state index in [9.17, 15) is 4.79 Å². The second-order valence-corrected chi connectivity index (χ2v) is 8.23. The number of methoxy groups -OCH3 is 2. The third kappa shape index (κ3) is 5.12. The number of carbonyl (C=O) groups is 1. The van der Waals surface area contributed by atoms with Crippen LogP contribution in [0, 0.1) is 0 Å². The van der Waals surface area contributed by atoms with E-state index in [1.54, 1.807) is 25.3 Å². The first-order chi connectivity index (χ1) is 14.3. The van der Waals surface area contributed by atoms with Gasteiger partial charge in [-0.2, -0.15) is 0 Å². The Morgan fingerprint density at radius 1 is 1.00 bits per heavy atom. The van der Waals surface area contributed by atoms with Crippen LogP contribution in [0.5, 0.6) is 11.5 Å². The smallest absolute Gasteiger partial charge is 0.410 e. The molecule has 1 aromatic heterocycles. The number of piperidine rings is 1. The number of benzene rings is 1. The van der Waals surface area contributed by atoms with Crippen molar-refractivity contribution in [3.8, 4) is 11.5 Å². The van der Waals surface area contributed by atoms with Crippen LogP contribution in [-0.4, -0.2) is 48.9 Å². The Labute approximate surface area is 178 Å². The van der Waals surface area contributed by atoms with Crippen LogP contribution < -0.4 is 9.47 Å². The third-order valence-electron chi connectivity index (χ3n) is 4.97. The molecule has 2 aromatic rings. The molecule has 30 heavy (non-hydrogen) atoms. The summed E-state index contributed by atoms with van der Waals surface area (Å²) in [5.74, 6) is 1.36. The minimum Gasteiger partial charge on any atom is -0.493 e. The van der Waals surface area contributed by atoms with Crippen molar-refractivity contribution < 1.29 is 19.0 Å². The Morgan fingerprint density at radius 2 is 1.70 bits per heavy atom. The number of hydrogen-bond acceptors (Lipinski definition) is 5. The van der Waals surface area contributed by atoms with E-state index in [2.05, 4.69) is 4.98 Å². The number of ether oxygens (including phenoxy) is 3. The number of pyridine rings is 1. The lowest BCUT2D eigenvalue weighted by molar-refractivity contribution is 0.0236. The fraction of sp³-hybridized carbons (Fsp3) is 0.417. The Kier molecular flexibility index (Phi) is 6.65. The number of aromatic nitrogens is 1. The van der Waals surface area contributed by atoms with Crippen LogP contribution in [0.3, 0.4) is 0 Å². The number of rotatable bonds is 4. The molecule has 0 unspecified atom stereocenters. The van der Waals surface area contributed by atoms with Crippen LogP contribution in [0.2, 0.25) is 0 Å². The molecular weight excluding hydrogens is 380 g/mol. The van der Waals surface area contributed by atoms with Gasteiger partial charge in [0.2, 0.25) is 0 Å². The number of hydrogen-bond donors (Lipinski definition) is 0. The maximum atomic E-state index is 12.4. The molecule has 160 valence electrons. The summed E-state index contributed by atoms with van der Waals surface area (Å²) in [5.41, 5.74) is 3.78. The average molecular weight is 411 g/mol. The summed E-state index contributed by atoms with van der Waals surface area (Å²) in [5, 5.41) is 0. The van der Waals surface area contributed by atoms with Gasteiger partial charge < -0.3 is 19.1 Å². The van der Waals surface area contributed by atoms with Crippen LogP contribution >= 0.6 is 0 Å². The molecule has 0 bridgehead atoms. The molecule has 1 saturated heterocycles. The molecule has 0 spiro atoms. The Bertz CT molecular complexity index is 907. The van der Waals surface area contributed by atoms with E-state index >= 15 is 0 Å². The highest BCUT2D eigenvalue weighted by atomic mass is 16.6. The molecule has 1 aromatic carbocycles. The lowest BCUT2D eigenvalue weighted by Gasteiger charge is -2.32. The molecule has 1 aliphatic heterocycles. The fourth-order valence-corrected chi connectivity index (χ4v) is 3.57. The molecule has 0 N–H and O–H groups in total. The predicted octanol–water partition coefficient (Wildman–Crippen LogP) is 4.93. The number of likely N-dealkylation sites (tertiary alicyclic amines) is 1. The minimum absolute atomic E-state index is 0.257. The van der Waals surface area contributed by atoms with Gasteiger partial charge in [-0.1, -0.05) is 17.7 Å². The summed E-state index contributed by atoms with van der Waals surface area (Å²) in [7, 11) is 3.26. The van der Waals surface area contributed by atoms with Gasteiger partial charge in [0.1, 0.15) is 5.60 Å². The Morgan fingerprint density at radius 3 is 2.27 bits per heavy atom. The lowest BCUT2D eigenvalue weighted by Crippen LogP contribution is -2.40. The van der Waals surface area contributed by atoms with E-state index in [0.29, 0.717) is 24.6 Å². The van der Waals surface area contributed by atoms with Gasteiger partial charge in [0, 0.05) is 24.9 Å². The van der Waals surface area contributed by atoms with E-state index in [-0.39, 0.29) is 6.09 Å². The summed E-state index contributed by atoms with van der Waals surface area (Å²) in [6, 6.07) is 11.8. The Hall–Kier alpha value is -3.02. The van der Waals surface area contributed by atoms with Gasteiger partial charge in [-0.25, -0.2) is 4.79 Å². The van der Waals surface area contributed by atoms with Crippen molar-refractivity contribution in [2.45, 2.75) is 39.2 Å². The van der Waals surface area contributed by atoms with Gasteiger partial charge >= 0.3 is 6.09 Å². The molecule has 1 fully saturated rings. The van der Waals surface area contributed by atoms with E-state index < -0.39 is 5.60 Å². The van der Waals surface area contributed by atoms with E-state index in [0.717, 1.165) is 29.7 Å². The average Bonchev–Trinajstić information content (AvgIpc) is 2.74. The summed E-state index contributed by atoms with van der Waals surface area (Å²) in [4.78, 5) is 18.8. The summed E-state index contributed by atoms with van der Waals surface area (Å²) in [6.45, 7) is 6.89. The van der Waals surface area contributed by atoms with Gasteiger partial charge in [0.25, 0.3) is 0 Å². The first kappa shape index (κ1) is 21.7. The highest BCUT2D eigenvalue weighted by Crippen LogP contribution is 2.36. The predicted molar refractivity (Wildman–Crippen MR) is 117 cm³/mol. The molecule has 0 radical (unpaired) electrons. The van der Waals surface area contributed by atoms with E-state index in [1.165, 1.54) is 5.57 Å². The van der Waals surface area contributed by atoms with Crippen LogP contribution in [0.1, 0.15) is 44.9 Å². The zero-order chi connectivity index (χ0) is 21.7. The summed E-state index contributed by atoms with van der Waals surface area (Å²) in [6.07, 6.45) is 3.07. The second kappa shape index (κ2) is 9.20. The van der Waals surface area contributed by atoms with Gasteiger partial charge in [-0.15, -0.1) is 0 Å². The van der Waals surface area contributed by atoms with Crippen molar-refractivity contribution in [1.82, 2.24) is 9.88 Å². The quantitative estimate of drug-likeness (QED) is 0.715. The van der Waals surface area contributed by atoms with Crippen LogP contribution in [-0.2, 0) is 4.74 Å². The molecule has 3 rings (SSSR count). The monoisotopic (exact) mass is 410 g/mol. The molecule has 2 heterocycles. The van der Waals surface area contributed by atoms with Crippen molar-refractivity contribution in [2.75, 3.05) is 27.3 Å². The molecule has 0 aliphatic carbocycles. The summed E-state index contributed by atoms with van der Waals surface area (Å²) < 4.78 is 16.4. The van der Waals surface area contributed by atoms with Crippen molar-refractivity contribution in [1.29, 1.82) is 0 Å². The molecule has 6 nitrogen and oxygen atoms in total. The van der Waals surface area contributed by atoms with E-state index in [4.69, 9.17) is 14.2 Å². The number of carbonyl (C=O) groups excluding carboxylic acids is 1. The van der Waals surface area contributed by atoms with Crippen LogP contribution in [0.15, 0.2) is 48.2 Å². The van der Waals surface area contributed by atoms with Crippen molar-refractivity contribution >= 4 is 11.7 Å². The highest BCUT2D eigenvalue weighted by molar-refractivity contribution is 5.82. The first-order valence-electron chi connectivity index (χ1n) is 10.2. The third-order valence-corrected chi connectivity index (χ3v) is 4.97. The number of amides is 1. The van der Waals surface area contributed by atoms with Gasteiger partial charge in [0.15, 0.2) is 11.5 Å².